The number of para-hydroxylation sites is 1. The van der Waals surface area contributed by atoms with Gasteiger partial charge in [0.2, 0.25) is 5.91 Å². The van der Waals surface area contributed by atoms with Gasteiger partial charge in [-0.2, -0.15) is 5.26 Å². The predicted molar refractivity (Wildman–Crippen MR) is 159 cm³/mol. The maximum absolute atomic E-state index is 15.2. The van der Waals surface area contributed by atoms with Gasteiger partial charge in [0, 0.05) is 37.8 Å². The van der Waals surface area contributed by atoms with Crippen LogP contribution in [0, 0.1) is 11.3 Å². The molecule has 2 heterocycles. The van der Waals surface area contributed by atoms with Gasteiger partial charge in [-0.15, -0.1) is 0 Å². The number of carbonyl (C=O) groups is 2. The lowest BCUT2D eigenvalue weighted by Gasteiger charge is -2.42. The number of likely N-dealkylation sites (N-methyl/N-ethyl adjacent to an activating group) is 1. The summed E-state index contributed by atoms with van der Waals surface area (Å²) in [6, 6.07) is 16.0. The average Bonchev–Trinajstić information content (AvgIpc) is 3.54. The number of nitrogens with zero attached hydrogens (tertiary/aromatic N) is 4. The summed E-state index contributed by atoms with van der Waals surface area (Å²) in [6.07, 6.45) is -1.02. The fraction of sp³-hybridized carbons (Fsp3) is 0.323. The molecule has 3 atom stereocenters. The van der Waals surface area contributed by atoms with Crippen molar-refractivity contribution in [3.63, 3.8) is 0 Å². The number of aliphatic hydroxyl groups is 1. The van der Waals surface area contributed by atoms with Crippen LogP contribution in [0.1, 0.15) is 23.1 Å². The van der Waals surface area contributed by atoms with E-state index in [1.54, 1.807) is 38.4 Å². The van der Waals surface area contributed by atoms with Crippen LogP contribution in [0.2, 0.25) is 0 Å². The van der Waals surface area contributed by atoms with Crippen LogP contribution in [-0.4, -0.2) is 89.3 Å². The molecule has 1 fully saturated rings. The number of ether oxygens (including phenoxy) is 3. The van der Waals surface area contributed by atoms with Crippen LogP contribution in [0.5, 0.6) is 17.2 Å². The Bertz CT molecular complexity index is 1790. The third kappa shape index (κ3) is 4.54. The molecular formula is C31H32N4O8S. The Morgan fingerprint density at radius 2 is 1.70 bits per heavy atom. The molecule has 0 bridgehead atoms. The van der Waals surface area contributed by atoms with Crippen LogP contribution in [0.15, 0.2) is 65.6 Å². The first-order valence-electron chi connectivity index (χ1n) is 13.6. The fourth-order valence-electron chi connectivity index (χ4n) is 6.12. The maximum atomic E-state index is 15.2. The molecule has 3 aromatic carbocycles. The van der Waals surface area contributed by atoms with Crippen molar-refractivity contribution in [2.75, 3.05) is 46.3 Å². The zero-order valence-electron chi connectivity index (χ0n) is 24.8. The van der Waals surface area contributed by atoms with Gasteiger partial charge in [-0.05, 0) is 42.8 Å². The number of aliphatic hydroxyl groups excluding tert-OH is 1. The third-order valence-corrected chi connectivity index (χ3v) is 9.79. The van der Waals surface area contributed by atoms with Crippen molar-refractivity contribution < 1.29 is 37.3 Å². The first-order chi connectivity index (χ1) is 21.0. The van der Waals surface area contributed by atoms with Crippen molar-refractivity contribution in [3.05, 3.63) is 77.4 Å². The normalized spacial score (nSPS) is 21.5. The number of β-amino-alcohol motifs (C(OH)–C–C–N with tert-alkyl or cyclic N) is 1. The van der Waals surface area contributed by atoms with Gasteiger partial charge in [-0.3, -0.25) is 14.5 Å². The van der Waals surface area contributed by atoms with Gasteiger partial charge in [-0.25, -0.2) is 12.7 Å². The molecule has 1 saturated heterocycles. The lowest BCUT2D eigenvalue weighted by atomic mass is 9.80. The number of methoxy groups -OCH3 is 3. The second-order valence-corrected chi connectivity index (χ2v) is 12.4. The minimum atomic E-state index is -4.69. The lowest BCUT2D eigenvalue weighted by Crippen LogP contribution is -2.59. The highest BCUT2D eigenvalue weighted by atomic mass is 32.2. The standard InChI is InChI=1S/C31H32N4O8S/c1-33(2)29(37)25-15-20(36)18-34(25)31(22-8-6-7-9-26(22)42-4)23-14-19(17-32)10-12-24(23)35(30(31)38)44(39,40)28-13-11-21(41-3)16-27(28)43-5/h6-14,16,20,25,36H,15,18H2,1-5H3/t20-,25+,31?/m1/s1. The highest BCUT2D eigenvalue weighted by molar-refractivity contribution is 7.93. The first-order valence-corrected chi connectivity index (χ1v) is 15.1. The van der Waals surface area contributed by atoms with Gasteiger partial charge in [0.1, 0.15) is 22.1 Å². The summed E-state index contributed by atoms with van der Waals surface area (Å²) >= 11 is 0. The van der Waals surface area contributed by atoms with Crippen LogP contribution in [0.25, 0.3) is 0 Å². The van der Waals surface area contributed by atoms with E-state index in [4.69, 9.17) is 14.2 Å². The molecule has 44 heavy (non-hydrogen) atoms. The van der Waals surface area contributed by atoms with Crippen LogP contribution < -0.4 is 18.5 Å². The van der Waals surface area contributed by atoms with Gasteiger partial charge < -0.3 is 24.2 Å². The van der Waals surface area contributed by atoms with Gasteiger partial charge in [-0.1, -0.05) is 18.2 Å². The summed E-state index contributed by atoms with van der Waals surface area (Å²) in [6.45, 7) is -0.149. The van der Waals surface area contributed by atoms with E-state index >= 15 is 4.79 Å². The molecule has 5 rings (SSSR count). The van der Waals surface area contributed by atoms with E-state index in [2.05, 4.69) is 6.07 Å². The lowest BCUT2D eigenvalue weighted by molar-refractivity contribution is -0.138. The SMILES string of the molecule is COc1ccc(S(=O)(=O)N2C(=O)C(c3ccccc3OC)(N3C[C@H](O)C[C@H]3C(=O)N(C)C)c3cc(C#N)ccc32)c(OC)c1. The van der Waals surface area contributed by atoms with E-state index in [0.717, 1.165) is 0 Å². The molecule has 0 saturated carbocycles. The van der Waals surface area contributed by atoms with Gasteiger partial charge >= 0.3 is 0 Å². The van der Waals surface area contributed by atoms with Gasteiger partial charge in [0.15, 0.2) is 5.54 Å². The van der Waals surface area contributed by atoms with Crippen molar-refractivity contribution in [1.29, 1.82) is 5.26 Å². The number of hydrogen-bond acceptors (Lipinski definition) is 10. The largest absolute Gasteiger partial charge is 0.497 e. The molecule has 1 N–H and O–H groups in total. The molecule has 0 aliphatic carbocycles. The number of amides is 2. The summed E-state index contributed by atoms with van der Waals surface area (Å²) in [5.41, 5.74) is -1.47. The number of fused-ring (bicyclic) bond motifs is 1. The number of rotatable bonds is 8. The van der Waals surface area contributed by atoms with E-state index in [1.807, 2.05) is 0 Å². The smallest absolute Gasteiger partial charge is 0.274 e. The molecule has 0 spiro atoms. The van der Waals surface area contributed by atoms with E-state index in [1.165, 1.54) is 67.5 Å². The van der Waals surface area contributed by atoms with Gasteiger partial charge in [0.25, 0.3) is 15.9 Å². The maximum Gasteiger partial charge on any atom is 0.274 e. The Hall–Kier alpha value is -4.64. The Kier molecular flexibility index (Phi) is 8.02. The number of benzene rings is 3. The Morgan fingerprint density at radius 1 is 1.00 bits per heavy atom. The van der Waals surface area contributed by atoms with Crippen molar-refractivity contribution >= 4 is 27.5 Å². The quantitative estimate of drug-likeness (QED) is 0.397. The van der Waals surface area contributed by atoms with E-state index in [9.17, 15) is 23.6 Å². The number of hydrogen-bond donors (Lipinski definition) is 1. The highest BCUT2D eigenvalue weighted by Crippen LogP contribution is 2.55. The second kappa shape index (κ2) is 11.5. The number of likely N-dealkylation sites (tertiary alicyclic amines) is 1. The molecule has 0 radical (unpaired) electrons. The summed E-state index contributed by atoms with van der Waals surface area (Å²) in [7, 11) is 2.57. The average molecular weight is 621 g/mol. The summed E-state index contributed by atoms with van der Waals surface area (Å²) < 4.78 is 46.1. The fourth-order valence-corrected chi connectivity index (χ4v) is 7.72. The van der Waals surface area contributed by atoms with Gasteiger partial charge in [0.05, 0.1) is 50.8 Å². The number of anilines is 1. The van der Waals surface area contributed by atoms with Crippen molar-refractivity contribution in [1.82, 2.24) is 9.80 Å². The molecule has 2 amide bonds. The van der Waals surface area contributed by atoms with Crippen molar-refractivity contribution in [2.24, 2.45) is 0 Å². The topological polar surface area (TPSA) is 150 Å². The molecule has 230 valence electrons. The molecule has 0 aromatic heterocycles. The number of sulfonamides is 1. The summed E-state index contributed by atoms with van der Waals surface area (Å²) in [5, 5.41) is 20.8. The van der Waals surface area contributed by atoms with Crippen molar-refractivity contribution in [2.45, 2.75) is 29.0 Å². The summed E-state index contributed by atoms with van der Waals surface area (Å²) in [5.74, 6) is -0.797. The molecule has 12 nitrogen and oxygen atoms in total. The minimum Gasteiger partial charge on any atom is -0.497 e. The van der Waals surface area contributed by atoms with Crippen LogP contribution in [0.4, 0.5) is 5.69 Å². The van der Waals surface area contributed by atoms with Crippen LogP contribution in [-0.2, 0) is 25.2 Å². The monoisotopic (exact) mass is 620 g/mol. The Balaban J connectivity index is 1.89. The zero-order chi connectivity index (χ0) is 32.0. The predicted octanol–water partition coefficient (Wildman–Crippen LogP) is 2.09. The Morgan fingerprint density at radius 3 is 2.34 bits per heavy atom. The molecule has 3 aromatic rings. The first kappa shape index (κ1) is 30.8. The van der Waals surface area contributed by atoms with E-state index in [-0.39, 0.29) is 57.6 Å². The minimum absolute atomic E-state index is 0.00643. The second-order valence-electron chi connectivity index (χ2n) is 10.6. The van der Waals surface area contributed by atoms with E-state index < -0.39 is 33.6 Å². The molecule has 2 aliphatic rings. The van der Waals surface area contributed by atoms with Crippen molar-refractivity contribution in [3.8, 4) is 23.3 Å². The Labute approximate surface area is 255 Å². The molecule has 1 unspecified atom stereocenters. The molecule has 2 aliphatic heterocycles. The van der Waals surface area contributed by atoms with Crippen LogP contribution >= 0.6 is 0 Å². The molecule has 13 heteroatoms. The highest BCUT2D eigenvalue weighted by Gasteiger charge is 2.64. The summed E-state index contributed by atoms with van der Waals surface area (Å²) in [4.78, 5) is 31.4. The van der Waals surface area contributed by atoms with Crippen LogP contribution in [0.3, 0.4) is 0 Å². The van der Waals surface area contributed by atoms with E-state index in [0.29, 0.717) is 10.1 Å². The zero-order valence-corrected chi connectivity index (χ0v) is 25.7. The number of carbonyl (C=O) groups excluding carboxylic acids is 2. The molecular weight excluding hydrogens is 588 g/mol. The third-order valence-electron chi connectivity index (χ3n) is 8.05. The number of nitriles is 1.